The van der Waals surface area contributed by atoms with Crippen molar-refractivity contribution >= 4 is 26.8 Å². The zero-order chi connectivity index (χ0) is 11.5. The highest BCUT2D eigenvalue weighted by atomic mass is 79.9. The van der Waals surface area contributed by atoms with E-state index in [0.717, 1.165) is 11.9 Å². The second kappa shape index (κ2) is 4.96. The number of halogens is 1. The number of alkyl halides is 1. The van der Waals surface area contributed by atoms with Crippen molar-refractivity contribution in [1.29, 1.82) is 0 Å². The molecular weight excluding hydrogens is 262 g/mol. The van der Waals surface area contributed by atoms with Crippen molar-refractivity contribution in [2.75, 3.05) is 0 Å². The molecule has 2 atom stereocenters. The molecule has 0 aliphatic rings. The number of hydrogen-bond donors (Lipinski definition) is 0. The first kappa shape index (κ1) is 11.6. The summed E-state index contributed by atoms with van der Waals surface area (Å²) in [5, 5.41) is 1.23. The first-order valence-corrected chi connectivity index (χ1v) is 6.57. The minimum absolute atomic E-state index is 0.548. The number of nitrogens with zero attached hydrogens (tertiary/aromatic N) is 1. The molecule has 2 heteroatoms. The van der Waals surface area contributed by atoms with Gasteiger partial charge in [-0.25, -0.2) is 0 Å². The van der Waals surface area contributed by atoms with E-state index in [4.69, 9.17) is 0 Å². The summed E-state index contributed by atoms with van der Waals surface area (Å²) in [6.07, 6.45) is 3.14. The highest BCUT2D eigenvalue weighted by molar-refractivity contribution is 9.09. The van der Waals surface area contributed by atoms with E-state index in [1.165, 1.54) is 10.9 Å². The fourth-order valence-electron chi connectivity index (χ4n) is 1.98. The Morgan fingerprint density at radius 2 is 2.00 bits per heavy atom. The Balaban J connectivity index is 2.32. The molecule has 84 valence electrons. The maximum atomic E-state index is 4.49. The summed E-state index contributed by atoms with van der Waals surface area (Å²) < 4.78 is 0. The number of hydrogen-bond acceptors (Lipinski definition) is 1. The van der Waals surface area contributed by atoms with Gasteiger partial charge in [0, 0.05) is 16.4 Å². The normalized spacial score (nSPS) is 14.9. The average molecular weight is 278 g/mol. The SMILES string of the molecule is CC(Br)CC(C)c1cnc2ccccc2c1. The Kier molecular flexibility index (Phi) is 3.59. The molecular formula is C14H16BrN. The topological polar surface area (TPSA) is 12.9 Å². The molecule has 1 aromatic carbocycles. The maximum absolute atomic E-state index is 4.49. The number of benzene rings is 1. The fourth-order valence-corrected chi connectivity index (χ4v) is 2.54. The number of pyridine rings is 1. The van der Waals surface area contributed by atoms with Crippen LogP contribution in [0.1, 0.15) is 31.7 Å². The van der Waals surface area contributed by atoms with E-state index in [2.05, 4.69) is 59.0 Å². The summed E-state index contributed by atoms with van der Waals surface area (Å²) in [4.78, 5) is 5.04. The van der Waals surface area contributed by atoms with E-state index in [0.29, 0.717) is 10.7 Å². The van der Waals surface area contributed by atoms with Crippen LogP contribution >= 0.6 is 15.9 Å². The third kappa shape index (κ3) is 2.62. The molecule has 0 saturated heterocycles. The summed E-state index contributed by atoms with van der Waals surface area (Å²) in [6, 6.07) is 10.5. The van der Waals surface area contributed by atoms with Crippen LogP contribution in [0.15, 0.2) is 36.5 Å². The predicted octanol–water partition coefficient (Wildman–Crippen LogP) is 4.51. The maximum Gasteiger partial charge on any atom is 0.0702 e. The minimum Gasteiger partial charge on any atom is -0.256 e. The lowest BCUT2D eigenvalue weighted by Crippen LogP contribution is -2.01. The first-order valence-electron chi connectivity index (χ1n) is 5.65. The molecule has 2 aromatic rings. The molecule has 0 N–H and O–H groups in total. The van der Waals surface area contributed by atoms with Gasteiger partial charge in [-0.2, -0.15) is 0 Å². The average Bonchev–Trinajstić information content (AvgIpc) is 2.27. The highest BCUT2D eigenvalue weighted by Crippen LogP contribution is 2.25. The monoisotopic (exact) mass is 277 g/mol. The molecule has 0 radical (unpaired) electrons. The summed E-state index contributed by atoms with van der Waals surface area (Å²) in [6.45, 7) is 4.44. The van der Waals surface area contributed by atoms with Gasteiger partial charge in [0.25, 0.3) is 0 Å². The number of para-hydroxylation sites is 1. The molecule has 1 heterocycles. The van der Waals surface area contributed by atoms with Gasteiger partial charge in [-0.3, -0.25) is 4.98 Å². The molecule has 0 saturated carbocycles. The van der Waals surface area contributed by atoms with Gasteiger partial charge in [0.2, 0.25) is 0 Å². The Hall–Kier alpha value is -0.890. The molecule has 1 nitrogen and oxygen atoms in total. The third-order valence-corrected chi connectivity index (χ3v) is 3.23. The van der Waals surface area contributed by atoms with Crippen molar-refractivity contribution in [3.8, 4) is 0 Å². The van der Waals surface area contributed by atoms with Crippen LogP contribution in [-0.2, 0) is 0 Å². The molecule has 2 unspecified atom stereocenters. The van der Waals surface area contributed by atoms with Crippen molar-refractivity contribution in [1.82, 2.24) is 4.98 Å². The van der Waals surface area contributed by atoms with Crippen molar-refractivity contribution < 1.29 is 0 Å². The molecule has 0 aliphatic carbocycles. The van der Waals surface area contributed by atoms with Gasteiger partial charge in [0.15, 0.2) is 0 Å². The van der Waals surface area contributed by atoms with E-state index >= 15 is 0 Å². The van der Waals surface area contributed by atoms with Crippen LogP contribution in [0.4, 0.5) is 0 Å². The van der Waals surface area contributed by atoms with Gasteiger partial charge < -0.3 is 0 Å². The molecule has 16 heavy (non-hydrogen) atoms. The van der Waals surface area contributed by atoms with Crippen molar-refractivity contribution in [3.05, 3.63) is 42.1 Å². The fraction of sp³-hybridized carbons (Fsp3) is 0.357. The predicted molar refractivity (Wildman–Crippen MR) is 73.2 cm³/mol. The second-order valence-corrected chi connectivity index (χ2v) is 5.94. The third-order valence-electron chi connectivity index (χ3n) is 2.86. The van der Waals surface area contributed by atoms with Crippen LogP contribution in [0.25, 0.3) is 10.9 Å². The van der Waals surface area contributed by atoms with E-state index in [1.807, 2.05) is 12.3 Å². The van der Waals surface area contributed by atoms with Gasteiger partial charge in [0.1, 0.15) is 0 Å². The first-order chi connectivity index (χ1) is 7.66. The Labute approximate surface area is 105 Å². The van der Waals surface area contributed by atoms with Gasteiger partial charge >= 0.3 is 0 Å². The Bertz CT molecular complexity index is 479. The lowest BCUT2D eigenvalue weighted by atomic mass is 9.97. The van der Waals surface area contributed by atoms with E-state index in [9.17, 15) is 0 Å². The van der Waals surface area contributed by atoms with Crippen LogP contribution in [0.5, 0.6) is 0 Å². The van der Waals surface area contributed by atoms with E-state index in [1.54, 1.807) is 0 Å². The molecule has 0 aliphatic heterocycles. The Morgan fingerprint density at radius 3 is 2.75 bits per heavy atom. The van der Waals surface area contributed by atoms with Crippen molar-refractivity contribution in [2.24, 2.45) is 0 Å². The van der Waals surface area contributed by atoms with Gasteiger partial charge in [0.05, 0.1) is 5.52 Å². The van der Waals surface area contributed by atoms with Crippen LogP contribution < -0.4 is 0 Å². The standard InChI is InChI=1S/C14H16BrN/c1-10(7-11(2)15)13-8-12-5-3-4-6-14(12)16-9-13/h3-6,8-11H,7H2,1-2H3. The smallest absolute Gasteiger partial charge is 0.0702 e. The Morgan fingerprint density at radius 1 is 1.25 bits per heavy atom. The highest BCUT2D eigenvalue weighted by Gasteiger charge is 2.09. The summed E-state index contributed by atoms with van der Waals surface area (Å²) in [7, 11) is 0. The molecule has 0 fully saturated rings. The molecule has 0 amide bonds. The molecule has 1 aromatic heterocycles. The van der Waals surface area contributed by atoms with E-state index in [-0.39, 0.29) is 0 Å². The lowest BCUT2D eigenvalue weighted by Gasteiger charge is -2.13. The summed E-state index contributed by atoms with van der Waals surface area (Å²) in [5.74, 6) is 0.548. The number of aromatic nitrogens is 1. The zero-order valence-corrected chi connectivity index (χ0v) is 11.2. The number of fused-ring (bicyclic) bond motifs is 1. The van der Waals surface area contributed by atoms with Gasteiger partial charge in [-0.1, -0.05) is 48.0 Å². The summed E-state index contributed by atoms with van der Waals surface area (Å²) >= 11 is 3.60. The molecule has 0 bridgehead atoms. The van der Waals surface area contributed by atoms with Crippen molar-refractivity contribution in [3.63, 3.8) is 0 Å². The van der Waals surface area contributed by atoms with E-state index < -0.39 is 0 Å². The van der Waals surface area contributed by atoms with Gasteiger partial charge in [-0.15, -0.1) is 0 Å². The van der Waals surface area contributed by atoms with Crippen LogP contribution in [0.3, 0.4) is 0 Å². The van der Waals surface area contributed by atoms with Gasteiger partial charge in [-0.05, 0) is 30.0 Å². The number of rotatable bonds is 3. The van der Waals surface area contributed by atoms with Crippen LogP contribution in [0.2, 0.25) is 0 Å². The molecule has 2 rings (SSSR count). The summed E-state index contributed by atoms with van der Waals surface area (Å²) in [5.41, 5.74) is 2.40. The largest absolute Gasteiger partial charge is 0.256 e. The van der Waals surface area contributed by atoms with Crippen molar-refractivity contribution in [2.45, 2.75) is 31.0 Å². The minimum atomic E-state index is 0.548. The van der Waals surface area contributed by atoms with Crippen LogP contribution in [0, 0.1) is 0 Å². The zero-order valence-electron chi connectivity index (χ0n) is 9.65. The van der Waals surface area contributed by atoms with Crippen LogP contribution in [-0.4, -0.2) is 9.81 Å². The second-order valence-electron chi connectivity index (χ2n) is 4.38. The quantitative estimate of drug-likeness (QED) is 0.753. The molecule has 0 spiro atoms. The lowest BCUT2D eigenvalue weighted by molar-refractivity contribution is 0.680.